The molecule has 5 heteroatoms. The van der Waals surface area contributed by atoms with Crippen molar-refractivity contribution in [2.24, 2.45) is 0 Å². The number of oxazole rings is 1. The lowest BCUT2D eigenvalue weighted by molar-refractivity contribution is 0.0956. The molecule has 1 aliphatic heterocycles. The number of anilines is 2. The Labute approximate surface area is 117 Å². The van der Waals surface area contributed by atoms with E-state index in [-0.39, 0.29) is 5.91 Å². The van der Waals surface area contributed by atoms with E-state index in [1.807, 2.05) is 18.2 Å². The second kappa shape index (κ2) is 4.67. The predicted molar refractivity (Wildman–Crippen MR) is 76.8 cm³/mol. The molecule has 1 aliphatic rings. The van der Waals surface area contributed by atoms with Gasteiger partial charge >= 0.3 is 0 Å². The number of nitrogen functional groups attached to an aromatic ring is 1. The maximum absolute atomic E-state index is 12.6. The number of fused-ring (bicyclic) bond motifs is 1. The van der Waals surface area contributed by atoms with Crippen LogP contribution in [0.2, 0.25) is 0 Å². The number of benzene rings is 1. The van der Waals surface area contributed by atoms with Crippen molar-refractivity contribution in [1.29, 1.82) is 0 Å². The molecule has 1 aromatic heterocycles. The lowest BCUT2D eigenvalue weighted by atomic mass is 10.0. The van der Waals surface area contributed by atoms with Gasteiger partial charge in [0.25, 0.3) is 5.91 Å². The number of hydrogen-bond donors (Lipinski definition) is 1. The van der Waals surface area contributed by atoms with E-state index in [9.17, 15) is 4.79 Å². The summed E-state index contributed by atoms with van der Waals surface area (Å²) < 4.78 is 5.44. The molecule has 2 N–H and O–H groups in total. The van der Waals surface area contributed by atoms with Crippen LogP contribution in [0.15, 0.2) is 22.6 Å². The van der Waals surface area contributed by atoms with Gasteiger partial charge in [0, 0.05) is 24.8 Å². The number of hydrogen-bond acceptors (Lipinski definition) is 4. The van der Waals surface area contributed by atoms with Gasteiger partial charge in [-0.05, 0) is 43.5 Å². The van der Waals surface area contributed by atoms with E-state index in [0.29, 0.717) is 23.9 Å². The van der Waals surface area contributed by atoms with Crippen molar-refractivity contribution in [3.63, 3.8) is 0 Å². The zero-order chi connectivity index (χ0) is 14.3. The van der Waals surface area contributed by atoms with E-state index in [1.54, 1.807) is 18.7 Å². The number of aryl methyl sites for hydroxylation is 3. The number of rotatable bonds is 1. The number of carbonyl (C=O) groups is 1. The van der Waals surface area contributed by atoms with Gasteiger partial charge in [0.1, 0.15) is 0 Å². The molecule has 5 nitrogen and oxygen atoms in total. The second-order valence-corrected chi connectivity index (χ2v) is 5.10. The Morgan fingerprint density at radius 3 is 2.90 bits per heavy atom. The van der Waals surface area contributed by atoms with Crippen LogP contribution in [0.3, 0.4) is 0 Å². The average molecular weight is 271 g/mol. The molecule has 0 bridgehead atoms. The van der Waals surface area contributed by atoms with Gasteiger partial charge in [-0.15, -0.1) is 0 Å². The van der Waals surface area contributed by atoms with E-state index in [2.05, 4.69) is 4.98 Å². The Bertz CT molecular complexity index is 676. The molecule has 0 atom stereocenters. The van der Waals surface area contributed by atoms with Crippen molar-refractivity contribution < 1.29 is 9.21 Å². The zero-order valence-corrected chi connectivity index (χ0v) is 11.6. The summed E-state index contributed by atoms with van der Waals surface area (Å²) >= 11 is 0. The number of nitrogens with zero attached hydrogens (tertiary/aromatic N) is 2. The van der Waals surface area contributed by atoms with Crippen LogP contribution in [-0.4, -0.2) is 17.4 Å². The first-order chi connectivity index (χ1) is 9.56. The third kappa shape index (κ3) is 2.05. The largest absolute Gasteiger partial charge is 0.436 e. The molecule has 20 heavy (non-hydrogen) atoms. The second-order valence-electron chi connectivity index (χ2n) is 5.10. The highest BCUT2D eigenvalue weighted by Crippen LogP contribution is 2.30. The van der Waals surface area contributed by atoms with Crippen molar-refractivity contribution in [3.8, 4) is 0 Å². The Morgan fingerprint density at radius 2 is 2.20 bits per heavy atom. The van der Waals surface area contributed by atoms with Gasteiger partial charge in [-0.25, -0.2) is 4.98 Å². The first-order valence-electron chi connectivity index (χ1n) is 6.70. The van der Waals surface area contributed by atoms with Gasteiger partial charge in [0.05, 0.1) is 5.69 Å². The highest BCUT2D eigenvalue weighted by molar-refractivity contribution is 6.05. The van der Waals surface area contributed by atoms with Crippen LogP contribution in [0.1, 0.15) is 34.1 Å². The van der Waals surface area contributed by atoms with Crippen molar-refractivity contribution in [2.75, 3.05) is 17.2 Å². The fraction of sp³-hybridized carbons (Fsp3) is 0.333. The van der Waals surface area contributed by atoms with Crippen LogP contribution in [0.5, 0.6) is 0 Å². The highest BCUT2D eigenvalue weighted by atomic mass is 16.4. The smallest absolute Gasteiger partial charge is 0.295 e. The summed E-state index contributed by atoms with van der Waals surface area (Å²) in [4.78, 5) is 18.6. The van der Waals surface area contributed by atoms with Gasteiger partial charge in [-0.1, -0.05) is 0 Å². The molecule has 2 aromatic rings. The fourth-order valence-electron chi connectivity index (χ4n) is 2.68. The summed E-state index contributed by atoms with van der Waals surface area (Å²) in [6, 6.07) is 5.66. The van der Waals surface area contributed by atoms with E-state index in [1.165, 1.54) is 0 Å². The zero-order valence-electron chi connectivity index (χ0n) is 11.6. The summed E-state index contributed by atoms with van der Waals surface area (Å²) in [5.74, 6) is 0.710. The molecule has 0 fully saturated rings. The molecule has 0 unspecified atom stereocenters. The summed E-state index contributed by atoms with van der Waals surface area (Å²) in [7, 11) is 0. The van der Waals surface area contributed by atoms with Gasteiger partial charge < -0.3 is 15.1 Å². The number of amides is 1. The quantitative estimate of drug-likeness (QED) is 0.809. The Hall–Kier alpha value is -2.30. The molecular weight excluding hydrogens is 254 g/mol. The Balaban J connectivity index is 2.00. The maximum Gasteiger partial charge on any atom is 0.295 e. The molecule has 1 aromatic carbocycles. The molecule has 1 amide bonds. The molecular formula is C15H17N3O2. The van der Waals surface area contributed by atoms with E-state index < -0.39 is 0 Å². The summed E-state index contributed by atoms with van der Waals surface area (Å²) in [6.45, 7) is 4.22. The molecule has 0 spiro atoms. The van der Waals surface area contributed by atoms with Crippen molar-refractivity contribution >= 4 is 17.3 Å². The molecule has 2 heterocycles. The van der Waals surface area contributed by atoms with Gasteiger partial charge in [0.15, 0.2) is 5.89 Å². The Morgan fingerprint density at radius 1 is 1.40 bits per heavy atom. The van der Waals surface area contributed by atoms with Gasteiger partial charge in [0.2, 0.25) is 5.76 Å². The Kier molecular flexibility index (Phi) is 2.97. The predicted octanol–water partition coefficient (Wildman–Crippen LogP) is 2.47. The minimum Gasteiger partial charge on any atom is -0.436 e. The minimum atomic E-state index is -0.131. The number of nitrogens with two attached hydrogens (primary N) is 1. The van der Waals surface area contributed by atoms with Crippen LogP contribution in [0, 0.1) is 13.8 Å². The van der Waals surface area contributed by atoms with Crippen LogP contribution in [0.25, 0.3) is 0 Å². The third-order valence-corrected chi connectivity index (χ3v) is 3.57. The third-order valence-electron chi connectivity index (χ3n) is 3.57. The fourth-order valence-corrected chi connectivity index (χ4v) is 2.68. The van der Waals surface area contributed by atoms with Crippen molar-refractivity contribution in [2.45, 2.75) is 26.7 Å². The standard InChI is InChI=1S/C15H17N3O2/c1-9-14(20-10(2)17-9)15(19)18-7-3-4-11-8-12(16)5-6-13(11)18/h5-6,8H,3-4,7,16H2,1-2H3. The van der Waals surface area contributed by atoms with Gasteiger partial charge in [-0.3, -0.25) is 4.79 Å². The lowest BCUT2D eigenvalue weighted by Crippen LogP contribution is -2.35. The van der Waals surface area contributed by atoms with E-state index in [0.717, 1.165) is 29.8 Å². The summed E-state index contributed by atoms with van der Waals surface area (Å²) in [6.07, 6.45) is 1.87. The average Bonchev–Trinajstić information content (AvgIpc) is 2.76. The molecule has 0 saturated carbocycles. The maximum atomic E-state index is 12.6. The summed E-state index contributed by atoms with van der Waals surface area (Å²) in [5, 5.41) is 0. The van der Waals surface area contributed by atoms with Crippen LogP contribution >= 0.6 is 0 Å². The molecule has 0 aliphatic carbocycles. The summed E-state index contributed by atoms with van der Waals surface area (Å²) in [5.41, 5.74) is 9.20. The topological polar surface area (TPSA) is 72.4 Å². The van der Waals surface area contributed by atoms with Crippen molar-refractivity contribution in [3.05, 3.63) is 41.1 Å². The first kappa shape index (κ1) is 12.7. The first-order valence-corrected chi connectivity index (χ1v) is 6.70. The minimum absolute atomic E-state index is 0.131. The van der Waals surface area contributed by atoms with Crippen LogP contribution < -0.4 is 10.6 Å². The molecule has 104 valence electrons. The highest BCUT2D eigenvalue weighted by Gasteiger charge is 2.27. The van der Waals surface area contributed by atoms with E-state index in [4.69, 9.17) is 10.2 Å². The molecule has 0 radical (unpaired) electrons. The van der Waals surface area contributed by atoms with Crippen LogP contribution in [-0.2, 0) is 6.42 Å². The SMILES string of the molecule is Cc1nc(C)c(C(=O)N2CCCc3cc(N)ccc32)o1. The number of carbonyl (C=O) groups excluding carboxylic acids is 1. The monoisotopic (exact) mass is 271 g/mol. The molecule has 0 saturated heterocycles. The lowest BCUT2D eigenvalue weighted by Gasteiger charge is -2.29. The van der Waals surface area contributed by atoms with Crippen LogP contribution in [0.4, 0.5) is 11.4 Å². The van der Waals surface area contributed by atoms with E-state index >= 15 is 0 Å². The van der Waals surface area contributed by atoms with Crippen molar-refractivity contribution in [1.82, 2.24) is 4.98 Å². The van der Waals surface area contributed by atoms with Gasteiger partial charge in [-0.2, -0.15) is 0 Å². The number of aromatic nitrogens is 1. The normalized spacial score (nSPS) is 14.2. The molecule has 3 rings (SSSR count).